The topological polar surface area (TPSA) is 42.0 Å². The maximum Gasteiger partial charge on any atom is 0.193 e. The zero-order valence-corrected chi connectivity index (χ0v) is 26.5. The maximum atomic E-state index is 13.5. The van der Waals surface area contributed by atoms with Crippen molar-refractivity contribution in [2.75, 3.05) is 9.80 Å². The van der Waals surface area contributed by atoms with Crippen LogP contribution in [0.3, 0.4) is 0 Å². The summed E-state index contributed by atoms with van der Waals surface area (Å²) in [5.74, 6) is 3.27. The Morgan fingerprint density at radius 2 is 0.694 bits per heavy atom. The summed E-state index contributed by atoms with van der Waals surface area (Å²) in [7, 11) is 0. The number of ketones is 1. The first-order valence-corrected chi connectivity index (χ1v) is 16.3. The van der Waals surface area contributed by atoms with Crippen molar-refractivity contribution in [3.8, 4) is 23.0 Å². The van der Waals surface area contributed by atoms with Crippen LogP contribution < -0.4 is 19.3 Å². The van der Waals surface area contributed by atoms with Gasteiger partial charge in [-0.25, -0.2) is 0 Å². The Morgan fingerprint density at radius 1 is 0.388 bits per heavy atom. The first-order chi connectivity index (χ1) is 24.2. The van der Waals surface area contributed by atoms with Gasteiger partial charge in [-0.3, -0.25) is 4.79 Å². The van der Waals surface area contributed by atoms with Gasteiger partial charge in [-0.05, 0) is 102 Å². The van der Waals surface area contributed by atoms with Crippen LogP contribution >= 0.6 is 0 Å². The molecule has 7 aromatic rings. The number of rotatable bonds is 6. The molecule has 7 aromatic carbocycles. The first-order valence-electron chi connectivity index (χ1n) is 16.3. The molecule has 9 rings (SSSR count). The lowest BCUT2D eigenvalue weighted by molar-refractivity contribution is 0.103. The number of carbonyl (C=O) groups excluding carboxylic acids is 1. The van der Waals surface area contributed by atoms with E-state index >= 15 is 0 Å². The van der Waals surface area contributed by atoms with E-state index < -0.39 is 0 Å². The summed E-state index contributed by atoms with van der Waals surface area (Å²) in [5.41, 5.74) is 9.63. The molecule has 0 saturated heterocycles. The van der Waals surface area contributed by atoms with Crippen LogP contribution in [0.25, 0.3) is 0 Å². The monoisotopic (exact) mass is 634 g/mol. The molecule has 2 aliphatic heterocycles. The second kappa shape index (κ2) is 11.9. The molecule has 5 nitrogen and oxygen atoms in total. The van der Waals surface area contributed by atoms with Gasteiger partial charge in [0.25, 0.3) is 0 Å². The number of anilines is 6. The molecule has 0 saturated carbocycles. The number of carbonyl (C=O) groups is 1. The van der Waals surface area contributed by atoms with Crippen molar-refractivity contribution in [1.82, 2.24) is 0 Å². The molecule has 49 heavy (non-hydrogen) atoms. The van der Waals surface area contributed by atoms with Crippen molar-refractivity contribution in [1.29, 1.82) is 0 Å². The number of hydrogen-bond acceptors (Lipinski definition) is 5. The number of para-hydroxylation sites is 8. The standard InChI is InChI=1S/C44H30N2O3/c47-44(33-23-27-35(28-24-33)46-38-11-3-7-15-42(38)49-43-16-8-4-12-39(43)46)32-21-17-30(18-22-32)29-31-19-25-34(26-20-31)45-36-9-1-5-13-40(36)48-41-14-6-2-10-37(41)45/h1-28H,29H2. The smallest absolute Gasteiger partial charge is 0.193 e. The molecule has 0 atom stereocenters. The molecule has 2 aliphatic rings. The summed E-state index contributed by atoms with van der Waals surface area (Å²) in [6, 6.07) is 56.6. The van der Waals surface area contributed by atoms with Gasteiger partial charge >= 0.3 is 0 Å². The molecule has 0 amide bonds. The quantitative estimate of drug-likeness (QED) is 0.170. The molecule has 0 aromatic heterocycles. The van der Waals surface area contributed by atoms with Crippen LogP contribution in [0.4, 0.5) is 34.1 Å². The van der Waals surface area contributed by atoms with Gasteiger partial charge in [0.1, 0.15) is 0 Å². The minimum absolute atomic E-state index is 0.00342. The van der Waals surface area contributed by atoms with Gasteiger partial charge in [0, 0.05) is 22.5 Å². The SMILES string of the molecule is O=C(c1ccc(Cc2ccc(N3c4ccccc4Oc4ccccc43)cc2)cc1)c1ccc(N2c3ccccc3Oc3ccccc32)cc1. The molecule has 234 valence electrons. The van der Waals surface area contributed by atoms with E-state index in [4.69, 9.17) is 9.47 Å². The zero-order chi connectivity index (χ0) is 32.7. The Balaban J connectivity index is 0.914. The van der Waals surface area contributed by atoms with Crippen molar-refractivity contribution in [2.24, 2.45) is 0 Å². The molecule has 0 aliphatic carbocycles. The summed E-state index contributed by atoms with van der Waals surface area (Å²) in [6.45, 7) is 0. The minimum atomic E-state index is -0.00342. The lowest BCUT2D eigenvalue weighted by Crippen LogP contribution is -2.15. The van der Waals surface area contributed by atoms with Crippen molar-refractivity contribution in [3.05, 3.63) is 192 Å². The molecule has 0 N–H and O–H groups in total. The minimum Gasteiger partial charge on any atom is -0.453 e. The van der Waals surface area contributed by atoms with E-state index in [9.17, 15) is 4.79 Å². The normalized spacial score (nSPS) is 12.5. The molecule has 0 bridgehead atoms. The third-order valence-corrected chi connectivity index (χ3v) is 9.07. The van der Waals surface area contributed by atoms with Gasteiger partial charge in [0.05, 0.1) is 22.7 Å². The molecule has 2 heterocycles. The summed E-state index contributed by atoms with van der Waals surface area (Å²) in [6.07, 6.45) is 0.766. The Hall–Kier alpha value is -6.59. The molecule has 0 radical (unpaired) electrons. The summed E-state index contributed by atoms with van der Waals surface area (Å²) >= 11 is 0. The highest BCUT2D eigenvalue weighted by atomic mass is 16.5. The lowest BCUT2D eigenvalue weighted by Gasteiger charge is -2.32. The third kappa shape index (κ3) is 5.18. The average molecular weight is 635 g/mol. The van der Waals surface area contributed by atoms with E-state index in [2.05, 4.69) is 46.2 Å². The second-order valence-corrected chi connectivity index (χ2v) is 12.2. The summed E-state index contributed by atoms with van der Waals surface area (Å²) in [5, 5.41) is 0. The second-order valence-electron chi connectivity index (χ2n) is 12.2. The number of ether oxygens (including phenoxy) is 2. The fourth-order valence-electron chi connectivity index (χ4n) is 6.67. The van der Waals surface area contributed by atoms with Crippen LogP contribution in [0.1, 0.15) is 27.0 Å². The molecule has 5 heteroatoms. The predicted octanol–water partition coefficient (Wildman–Crippen LogP) is 11.7. The van der Waals surface area contributed by atoms with Gasteiger partial charge in [-0.1, -0.05) is 84.9 Å². The van der Waals surface area contributed by atoms with Crippen LogP contribution in [0, 0.1) is 0 Å². The van der Waals surface area contributed by atoms with Crippen LogP contribution in [-0.4, -0.2) is 5.78 Å². The van der Waals surface area contributed by atoms with Crippen molar-refractivity contribution in [2.45, 2.75) is 6.42 Å². The fraction of sp³-hybridized carbons (Fsp3) is 0.0227. The van der Waals surface area contributed by atoms with E-state index in [0.717, 1.165) is 69.1 Å². The van der Waals surface area contributed by atoms with Crippen LogP contribution in [0.15, 0.2) is 170 Å². The van der Waals surface area contributed by atoms with E-state index in [1.54, 1.807) is 0 Å². The average Bonchev–Trinajstić information content (AvgIpc) is 3.16. The van der Waals surface area contributed by atoms with E-state index in [1.165, 1.54) is 5.56 Å². The van der Waals surface area contributed by atoms with Gasteiger partial charge < -0.3 is 19.3 Å². The maximum absolute atomic E-state index is 13.5. The Kier molecular flexibility index (Phi) is 6.95. The molecular formula is C44H30N2O3. The van der Waals surface area contributed by atoms with Gasteiger partial charge in [-0.15, -0.1) is 0 Å². The zero-order valence-electron chi connectivity index (χ0n) is 26.5. The Labute approximate surface area is 284 Å². The molecular weight excluding hydrogens is 604 g/mol. The van der Waals surface area contributed by atoms with Gasteiger partial charge in [-0.2, -0.15) is 0 Å². The van der Waals surface area contributed by atoms with Crippen molar-refractivity contribution < 1.29 is 14.3 Å². The van der Waals surface area contributed by atoms with Gasteiger partial charge in [0.15, 0.2) is 28.8 Å². The third-order valence-electron chi connectivity index (χ3n) is 9.07. The predicted molar refractivity (Wildman–Crippen MR) is 195 cm³/mol. The summed E-state index contributed by atoms with van der Waals surface area (Å²) in [4.78, 5) is 17.9. The van der Waals surface area contributed by atoms with Crippen LogP contribution in [0.2, 0.25) is 0 Å². The molecule has 0 fully saturated rings. The number of fused-ring (bicyclic) bond motifs is 4. The first kappa shape index (κ1) is 28.6. The largest absolute Gasteiger partial charge is 0.453 e. The lowest BCUT2D eigenvalue weighted by atomic mass is 9.99. The number of hydrogen-bond donors (Lipinski definition) is 0. The number of nitrogens with zero attached hydrogens (tertiary/aromatic N) is 2. The molecule has 0 spiro atoms. The molecule has 0 unspecified atom stereocenters. The van der Waals surface area contributed by atoms with E-state index in [0.29, 0.717) is 11.1 Å². The van der Waals surface area contributed by atoms with Crippen LogP contribution in [-0.2, 0) is 6.42 Å². The van der Waals surface area contributed by atoms with Crippen molar-refractivity contribution >= 4 is 39.9 Å². The van der Waals surface area contributed by atoms with Crippen LogP contribution in [0.5, 0.6) is 23.0 Å². The van der Waals surface area contributed by atoms with Gasteiger partial charge in [0.2, 0.25) is 0 Å². The number of benzene rings is 7. The highest BCUT2D eigenvalue weighted by Crippen LogP contribution is 2.51. The van der Waals surface area contributed by atoms with E-state index in [-0.39, 0.29) is 5.78 Å². The highest BCUT2D eigenvalue weighted by molar-refractivity contribution is 6.09. The fourth-order valence-corrected chi connectivity index (χ4v) is 6.67. The summed E-state index contributed by atoms with van der Waals surface area (Å²) < 4.78 is 12.3. The Bertz CT molecular complexity index is 2240. The van der Waals surface area contributed by atoms with Crippen molar-refractivity contribution in [3.63, 3.8) is 0 Å². The highest BCUT2D eigenvalue weighted by Gasteiger charge is 2.26. The Morgan fingerprint density at radius 3 is 1.08 bits per heavy atom. The van der Waals surface area contributed by atoms with E-state index in [1.807, 2.05) is 133 Å².